The lowest BCUT2D eigenvalue weighted by molar-refractivity contribution is -0.120. The van der Waals surface area contributed by atoms with Crippen molar-refractivity contribution in [3.8, 4) is 5.75 Å². The molecule has 2 amide bonds. The third-order valence-electron chi connectivity index (χ3n) is 5.34. The molecule has 0 bridgehead atoms. The number of rotatable bonds is 6. The van der Waals surface area contributed by atoms with Crippen LogP contribution < -0.4 is 15.4 Å². The average molecular weight is 445 g/mol. The zero-order valence-electron chi connectivity index (χ0n) is 16.8. The van der Waals surface area contributed by atoms with Gasteiger partial charge in [-0.05, 0) is 48.4 Å². The molecule has 1 fully saturated rings. The number of benzene rings is 2. The number of carbonyl (C=O) groups is 2. The fourth-order valence-electron chi connectivity index (χ4n) is 3.70. The molecular formula is C21H23N3O6S. The number of morpholine rings is 1. The molecular weight excluding hydrogens is 422 g/mol. The van der Waals surface area contributed by atoms with Crippen LogP contribution in [0.25, 0.3) is 0 Å². The van der Waals surface area contributed by atoms with Crippen LogP contribution in [0.5, 0.6) is 5.75 Å². The molecule has 2 aliphatic heterocycles. The summed E-state index contributed by atoms with van der Waals surface area (Å²) >= 11 is 0. The van der Waals surface area contributed by atoms with Gasteiger partial charge in [-0.2, -0.15) is 4.31 Å². The molecule has 0 radical (unpaired) electrons. The molecule has 2 aromatic rings. The minimum absolute atomic E-state index is 0.213. The molecule has 31 heavy (non-hydrogen) atoms. The number of primary amides is 1. The Balaban J connectivity index is 1.45. The third-order valence-corrected chi connectivity index (χ3v) is 7.23. The maximum Gasteiger partial charge on any atom is 0.264 e. The molecule has 2 N–H and O–H groups in total. The van der Waals surface area contributed by atoms with Crippen molar-refractivity contribution in [1.82, 2.24) is 4.31 Å². The van der Waals surface area contributed by atoms with Gasteiger partial charge in [0, 0.05) is 30.9 Å². The summed E-state index contributed by atoms with van der Waals surface area (Å²) in [4.78, 5) is 25.8. The van der Waals surface area contributed by atoms with E-state index in [1.54, 1.807) is 35.2 Å². The van der Waals surface area contributed by atoms with E-state index in [9.17, 15) is 18.0 Å². The van der Waals surface area contributed by atoms with Crippen molar-refractivity contribution < 1.29 is 27.5 Å². The predicted molar refractivity (Wildman–Crippen MR) is 113 cm³/mol. The molecule has 2 heterocycles. The molecule has 0 aliphatic carbocycles. The summed E-state index contributed by atoms with van der Waals surface area (Å²) in [6, 6.07) is 11.2. The molecule has 9 nitrogen and oxygen atoms in total. The van der Waals surface area contributed by atoms with Crippen LogP contribution in [-0.4, -0.2) is 64.0 Å². The van der Waals surface area contributed by atoms with Crippen LogP contribution in [0.3, 0.4) is 0 Å². The molecule has 2 aliphatic rings. The van der Waals surface area contributed by atoms with Crippen LogP contribution in [0, 0.1) is 0 Å². The van der Waals surface area contributed by atoms with Crippen LogP contribution in [0.4, 0.5) is 5.69 Å². The van der Waals surface area contributed by atoms with Gasteiger partial charge in [0.05, 0.1) is 18.1 Å². The first-order valence-electron chi connectivity index (χ1n) is 9.90. The summed E-state index contributed by atoms with van der Waals surface area (Å²) < 4.78 is 37.9. The van der Waals surface area contributed by atoms with Gasteiger partial charge in [0.1, 0.15) is 5.75 Å². The van der Waals surface area contributed by atoms with E-state index in [1.807, 2.05) is 0 Å². The molecule has 0 saturated carbocycles. The van der Waals surface area contributed by atoms with Gasteiger partial charge in [-0.25, -0.2) is 8.42 Å². The normalized spacial score (nSPS) is 16.7. The maximum atomic E-state index is 12.9. The Morgan fingerprint density at radius 2 is 1.84 bits per heavy atom. The van der Waals surface area contributed by atoms with Crippen molar-refractivity contribution in [2.75, 3.05) is 44.4 Å². The minimum Gasteiger partial charge on any atom is -0.484 e. The van der Waals surface area contributed by atoms with Gasteiger partial charge in [0.2, 0.25) is 15.9 Å². The highest BCUT2D eigenvalue weighted by atomic mass is 32.2. The molecule has 4 rings (SSSR count). The van der Waals surface area contributed by atoms with E-state index >= 15 is 0 Å². The summed E-state index contributed by atoms with van der Waals surface area (Å²) in [5, 5.41) is 0. The van der Waals surface area contributed by atoms with Crippen molar-refractivity contribution in [3.63, 3.8) is 0 Å². The van der Waals surface area contributed by atoms with Crippen LogP contribution in [-0.2, 0) is 26.0 Å². The van der Waals surface area contributed by atoms with Crippen molar-refractivity contribution in [2.45, 2.75) is 11.3 Å². The Morgan fingerprint density at radius 3 is 2.58 bits per heavy atom. The minimum atomic E-state index is -3.59. The van der Waals surface area contributed by atoms with E-state index < -0.39 is 15.9 Å². The van der Waals surface area contributed by atoms with E-state index in [-0.39, 0.29) is 17.4 Å². The zero-order valence-corrected chi connectivity index (χ0v) is 17.6. The zero-order chi connectivity index (χ0) is 22.0. The van der Waals surface area contributed by atoms with Gasteiger partial charge in [0.25, 0.3) is 5.91 Å². The lowest BCUT2D eigenvalue weighted by Crippen LogP contribution is -2.40. The van der Waals surface area contributed by atoms with Gasteiger partial charge in [-0.3, -0.25) is 9.59 Å². The lowest BCUT2D eigenvalue weighted by atomic mass is 10.2. The lowest BCUT2D eigenvalue weighted by Gasteiger charge is -2.26. The van der Waals surface area contributed by atoms with Gasteiger partial charge < -0.3 is 20.1 Å². The Morgan fingerprint density at radius 1 is 1.06 bits per heavy atom. The number of anilines is 1. The SMILES string of the molecule is NC(=O)c1cccc(OCC(=O)N2CCc3cc(S(=O)(=O)N4CCOCC4)ccc32)c1. The largest absolute Gasteiger partial charge is 0.484 e. The number of carbonyl (C=O) groups excluding carboxylic acids is 2. The van der Waals surface area contributed by atoms with Crippen LogP contribution in [0.2, 0.25) is 0 Å². The number of hydrogen-bond donors (Lipinski definition) is 1. The van der Waals surface area contributed by atoms with Crippen LogP contribution in [0.15, 0.2) is 47.4 Å². The predicted octanol–water partition coefficient (Wildman–Crippen LogP) is 0.774. The van der Waals surface area contributed by atoms with E-state index in [2.05, 4.69) is 0 Å². The van der Waals surface area contributed by atoms with Gasteiger partial charge in [-0.1, -0.05) is 6.07 Å². The number of ether oxygens (including phenoxy) is 2. The van der Waals surface area contributed by atoms with E-state index in [0.29, 0.717) is 56.3 Å². The molecule has 0 atom stereocenters. The van der Waals surface area contributed by atoms with Crippen molar-refractivity contribution in [2.24, 2.45) is 5.73 Å². The number of sulfonamides is 1. The Hall–Kier alpha value is -2.95. The van der Waals surface area contributed by atoms with Gasteiger partial charge in [0.15, 0.2) is 6.61 Å². The topological polar surface area (TPSA) is 119 Å². The van der Waals surface area contributed by atoms with Crippen molar-refractivity contribution >= 4 is 27.5 Å². The Labute approximate surface area is 180 Å². The standard InChI is InChI=1S/C21H23N3O6S/c22-21(26)16-2-1-3-17(12-16)30-14-20(25)24-7-6-15-13-18(4-5-19(15)24)31(27,28)23-8-10-29-11-9-23/h1-5,12-13H,6-11,14H2,(H2,22,26). The highest BCUT2D eigenvalue weighted by Gasteiger charge is 2.30. The highest BCUT2D eigenvalue weighted by Crippen LogP contribution is 2.31. The van der Waals surface area contributed by atoms with Crippen molar-refractivity contribution in [1.29, 1.82) is 0 Å². The molecule has 1 saturated heterocycles. The fourth-order valence-corrected chi connectivity index (χ4v) is 5.15. The summed E-state index contributed by atoms with van der Waals surface area (Å²) in [5.74, 6) is -0.462. The number of nitrogens with zero attached hydrogens (tertiary/aromatic N) is 2. The monoisotopic (exact) mass is 445 g/mol. The summed E-state index contributed by atoms with van der Waals surface area (Å²) in [7, 11) is -3.59. The average Bonchev–Trinajstić information content (AvgIpc) is 3.21. The quantitative estimate of drug-likeness (QED) is 0.702. The Kier molecular flexibility index (Phi) is 5.94. The molecule has 10 heteroatoms. The second-order valence-electron chi connectivity index (χ2n) is 7.28. The second kappa shape index (κ2) is 8.66. The fraction of sp³-hybridized carbons (Fsp3) is 0.333. The molecule has 2 aromatic carbocycles. The number of fused-ring (bicyclic) bond motifs is 1. The smallest absolute Gasteiger partial charge is 0.264 e. The molecule has 164 valence electrons. The van der Waals surface area contributed by atoms with Crippen molar-refractivity contribution in [3.05, 3.63) is 53.6 Å². The Bertz CT molecular complexity index is 1110. The van der Waals surface area contributed by atoms with E-state index in [4.69, 9.17) is 15.2 Å². The summed E-state index contributed by atoms with van der Waals surface area (Å²) in [6.07, 6.45) is 0.560. The van der Waals surface area contributed by atoms with Gasteiger partial charge >= 0.3 is 0 Å². The van der Waals surface area contributed by atoms with Crippen LogP contribution in [0.1, 0.15) is 15.9 Å². The number of hydrogen-bond acceptors (Lipinski definition) is 6. The van der Waals surface area contributed by atoms with E-state index in [0.717, 1.165) is 5.56 Å². The maximum absolute atomic E-state index is 12.9. The summed E-state index contributed by atoms with van der Waals surface area (Å²) in [6.45, 7) is 1.66. The molecule has 0 unspecified atom stereocenters. The van der Waals surface area contributed by atoms with E-state index in [1.165, 1.54) is 16.4 Å². The van der Waals surface area contributed by atoms with Gasteiger partial charge in [-0.15, -0.1) is 0 Å². The first-order valence-corrected chi connectivity index (χ1v) is 11.3. The molecule has 0 aromatic heterocycles. The first-order chi connectivity index (χ1) is 14.9. The molecule has 0 spiro atoms. The third kappa shape index (κ3) is 4.41. The summed E-state index contributed by atoms with van der Waals surface area (Å²) in [5.41, 5.74) is 7.04. The van der Waals surface area contributed by atoms with Crippen LogP contribution >= 0.6 is 0 Å². The first kappa shape index (κ1) is 21.3. The highest BCUT2D eigenvalue weighted by molar-refractivity contribution is 7.89. The number of amides is 2. The second-order valence-corrected chi connectivity index (χ2v) is 9.22. The number of nitrogens with two attached hydrogens (primary N) is 1.